The molecule has 116 valence electrons. The summed E-state index contributed by atoms with van der Waals surface area (Å²) in [4.78, 5) is 19.9. The van der Waals surface area contributed by atoms with Crippen LogP contribution in [0.3, 0.4) is 0 Å². The molecule has 2 N–H and O–H groups in total. The molecule has 2 aromatic rings. The molecule has 0 spiro atoms. The summed E-state index contributed by atoms with van der Waals surface area (Å²) in [5.41, 5.74) is 1.82. The summed E-state index contributed by atoms with van der Waals surface area (Å²) in [6.07, 6.45) is 1.40. The van der Waals surface area contributed by atoms with Crippen molar-refractivity contribution in [3.63, 3.8) is 0 Å². The molecule has 0 aliphatic heterocycles. The van der Waals surface area contributed by atoms with Gasteiger partial charge in [0.1, 0.15) is 5.69 Å². The summed E-state index contributed by atoms with van der Waals surface area (Å²) >= 11 is 6.01. The second-order valence-electron chi connectivity index (χ2n) is 4.32. The molecule has 0 saturated carbocycles. The number of rotatable bonds is 4. The van der Waals surface area contributed by atoms with E-state index in [0.717, 1.165) is 5.56 Å². The van der Waals surface area contributed by atoms with Gasteiger partial charge in [0.05, 0.1) is 20.4 Å². The van der Waals surface area contributed by atoms with Crippen molar-refractivity contribution in [3.05, 3.63) is 35.0 Å². The molecule has 0 fully saturated rings. The molecular formula is C14H15ClN4O3. The standard InChI is InChI=1S/C14H15ClN4O3/c1-8-4-5-9(6-10(8)15)17-13(20)18-11-7-16-14(22-3)19-12(11)21-2/h4-7H,1-3H3,(H2,17,18,20). The van der Waals surface area contributed by atoms with Gasteiger partial charge in [-0.25, -0.2) is 9.78 Å². The van der Waals surface area contributed by atoms with Crippen molar-refractivity contribution in [2.75, 3.05) is 24.9 Å². The molecule has 0 aliphatic carbocycles. The Balaban J connectivity index is 2.10. The number of ether oxygens (including phenoxy) is 2. The van der Waals surface area contributed by atoms with Crippen molar-refractivity contribution >= 4 is 29.0 Å². The van der Waals surface area contributed by atoms with Crippen LogP contribution in [-0.2, 0) is 0 Å². The molecule has 2 amide bonds. The second-order valence-corrected chi connectivity index (χ2v) is 4.73. The molecule has 1 aromatic carbocycles. The third-order valence-corrected chi connectivity index (χ3v) is 3.19. The molecule has 7 nitrogen and oxygen atoms in total. The molecule has 0 atom stereocenters. The lowest BCUT2D eigenvalue weighted by atomic mass is 10.2. The molecule has 0 unspecified atom stereocenters. The van der Waals surface area contributed by atoms with E-state index in [1.165, 1.54) is 20.4 Å². The number of aryl methyl sites for hydroxylation is 1. The number of amides is 2. The number of hydrogen-bond acceptors (Lipinski definition) is 5. The summed E-state index contributed by atoms with van der Waals surface area (Å²) in [5, 5.41) is 5.83. The van der Waals surface area contributed by atoms with Crippen molar-refractivity contribution in [3.8, 4) is 11.9 Å². The predicted octanol–water partition coefficient (Wildman–Crippen LogP) is 3.10. The van der Waals surface area contributed by atoms with Crippen LogP contribution in [0.1, 0.15) is 5.56 Å². The van der Waals surface area contributed by atoms with Gasteiger partial charge < -0.3 is 20.1 Å². The van der Waals surface area contributed by atoms with Gasteiger partial charge in [0.2, 0.25) is 5.88 Å². The number of carbonyl (C=O) groups is 1. The largest absolute Gasteiger partial charge is 0.479 e. The van der Waals surface area contributed by atoms with Crippen molar-refractivity contribution in [2.45, 2.75) is 6.92 Å². The lowest BCUT2D eigenvalue weighted by Crippen LogP contribution is -2.20. The maximum absolute atomic E-state index is 12.0. The predicted molar refractivity (Wildman–Crippen MR) is 84.0 cm³/mol. The molecule has 0 aliphatic rings. The summed E-state index contributed by atoms with van der Waals surface area (Å²) in [6.45, 7) is 1.88. The third kappa shape index (κ3) is 3.76. The number of nitrogens with one attached hydrogen (secondary N) is 2. The zero-order chi connectivity index (χ0) is 16.1. The first kappa shape index (κ1) is 15.8. The topological polar surface area (TPSA) is 85.4 Å². The zero-order valence-corrected chi connectivity index (χ0v) is 13.1. The van der Waals surface area contributed by atoms with E-state index in [2.05, 4.69) is 20.6 Å². The average Bonchev–Trinajstić information content (AvgIpc) is 2.51. The van der Waals surface area contributed by atoms with Crippen LogP contribution in [0.15, 0.2) is 24.4 Å². The third-order valence-electron chi connectivity index (χ3n) is 2.79. The quantitative estimate of drug-likeness (QED) is 0.903. The lowest BCUT2D eigenvalue weighted by Gasteiger charge is -2.11. The number of methoxy groups -OCH3 is 2. The van der Waals surface area contributed by atoms with Gasteiger partial charge in [-0.2, -0.15) is 4.98 Å². The van der Waals surface area contributed by atoms with Crippen molar-refractivity contribution in [1.82, 2.24) is 9.97 Å². The molecule has 8 heteroatoms. The fourth-order valence-corrected chi connectivity index (χ4v) is 1.83. The highest BCUT2D eigenvalue weighted by Gasteiger charge is 2.11. The Morgan fingerprint density at radius 3 is 2.64 bits per heavy atom. The molecule has 2 rings (SSSR count). The minimum absolute atomic E-state index is 0.146. The Morgan fingerprint density at radius 1 is 1.23 bits per heavy atom. The van der Waals surface area contributed by atoms with Gasteiger partial charge >= 0.3 is 12.0 Å². The molecular weight excluding hydrogens is 308 g/mol. The van der Waals surface area contributed by atoms with Crippen LogP contribution in [0.2, 0.25) is 5.02 Å². The van der Waals surface area contributed by atoms with Crippen molar-refractivity contribution in [1.29, 1.82) is 0 Å². The lowest BCUT2D eigenvalue weighted by molar-refractivity contribution is 0.262. The van der Waals surface area contributed by atoms with E-state index >= 15 is 0 Å². The highest BCUT2D eigenvalue weighted by atomic mass is 35.5. The summed E-state index contributed by atoms with van der Waals surface area (Å²) < 4.78 is 9.97. The number of halogens is 1. The second kappa shape index (κ2) is 6.95. The van der Waals surface area contributed by atoms with E-state index in [1.54, 1.807) is 12.1 Å². The number of nitrogens with zero attached hydrogens (tertiary/aromatic N) is 2. The maximum Gasteiger partial charge on any atom is 0.323 e. The van der Waals surface area contributed by atoms with Gasteiger partial charge in [0.25, 0.3) is 0 Å². The average molecular weight is 323 g/mol. The van der Waals surface area contributed by atoms with E-state index in [0.29, 0.717) is 16.4 Å². The fourth-order valence-electron chi connectivity index (χ4n) is 1.65. The van der Waals surface area contributed by atoms with Crippen LogP contribution >= 0.6 is 11.6 Å². The number of aromatic nitrogens is 2. The first-order valence-electron chi connectivity index (χ1n) is 6.32. The number of urea groups is 1. The van der Waals surface area contributed by atoms with Gasteiger partial charge in [0, 0.05) is 10.7 Å². The SMILES string of the molecule is COc1ncc(NC(=O)Nc2ccc(C)c(Cl)c2)c(OC)n1. The van der Waals surface area contributed by atoms with Crippen LogP contribution in [-0.4, -0.2) is 30.2 Å². The summed E-state index contributed by atoms with van der Waals surface area (Å²) in [7, 11) is 2.88. The smallest absolute Gasteiger partial charge is 0.323 e. The van der Waals surface area contributed by atoms with Crippen LogP contribution in [0.4, 0.5) is 16.2 Å². The van der Waals surface area contributed by atoms with Gasteiger partial charge in [0.15, 0.2) is 0 Å². The molecule has 1 aromatic heterocycles. The number of carbonyl (C=O) groups excluding carboxylic acids is 1. The Hall–Kier alpha value is -2.54. The number of benzene rings is 1. The normalized spacial score (nSPS) is 10.0. The van der Waals surface area contributed by atoms with Gasteiger partial charge in [-0.05, 0) is 24.6 Å². The Labute approximate surface area is 132 Å². The molecule has 1 heterocycles. The summed E-state index contributed by atoms with van der Waals surface area (Å²) in [6, 6.07) is 4.91. The van der Waals surface area contributed by atoms with E-state index in [1.807, 2.05) is 13.0 Å². The van der Waals surface area contributed by atoms with Crippen LogP contribution in [0.5, 0.6) is 11.9 Å². The number of anilines is 2. The van der Waals surface area contributed by atoms with Crippen LogP contribution in [0.25, 0.3) is 0 Å². The molecule has 0 bridgehead atoms. The monoisotopic (exact) mass is 322 g/mol. The van der Waals surface area contributed by atoms with Gasteiger partial charge in [-0.3, -0.25) is 0 Å². The highest BCUT2D eigenvalue weighted by molar-refractivity contribution is 6.31. The Morgan fingerprint density at radius 2 is 2.00 bits per heavy atom. The number of hydrogen-bond donors (Lipinski definition) is 2. The van der Waals surface area contributed by atoms with Gasteiger partial charge in [-0.1, -0.05) is 17.7 Å². The minimum Gasteiger partial charge on any atom is -0.479 e. The van der Waals surface area contributed by atoms with Crippen LogP contribution in [0, 0.1) is 6.92 Å². The van der Waals surface area contributed by atoms with E-state index < -0.39 is 6.03 Å². The Bertz CT molecular complexity index is 694. The first-order chi connectivity index (χ1) is 10.5. The van der Waals surface area contributed by atoms with Gasteiger partial charge in [-0.15, -0.1) is 0 Å². The Kier molecular flexibility index (Phi) is 5.00. The fraction of sp³-hybridized carbons (Fsp3) is 0.214. The van der Waals surface area contributed by atoms with Crippen molar-refractivity contribution in [2.24, 2.45) is 0 Å². The van der Waals surface area contributed by atoms with Crippen LogP contribution < -0.4 is 20.1 Å². The first-order valence-corrected chi connectivity index (χ1v) is 6.70. The van der Waals surface area contributed by atoms with E-state index in [9.17, 15) is 4.79 Å². The molecule has 22 heavy (non-hydrogen) atoms. The molecule has 0 radical (unpaired) electrons. The maximum atomic E-state index is 12.0. The summed E-state index contributed by atoms with van der Waals surface area (Å²) in [5.74, 6) is 0.198. The minimum atomic E-state index is -0.466. The van der Waals surface area contributed by atoms with E-state index in [4.69, 9.17) is 21.1 Å². The van der Waals surface area contributed by atoms with Crippen molar-refractivity contribution < 1.29 is 14.3 Å². The molecule has 0 saturated heterocycles. The zero-order valence-electron chi connectivity index (χ0n) is 12.3. The highest BCUT2D eigenvalue weighted by Crippen LogP contribution is 2.23. The van der Waals surface area contributed by atoms with E-state index in [-0.39, 0.29) is 11.9 Å².